The van der Waals surface area contributed by atoms with Crippen molar-refractivity contribution in [2.24, 2.45) is 5.92 Å². The van der Waals surface area contributed by atoms with E-state index in [0.717, 1.165) is 47.3 Å². The Morgan fingerprint density at radius 2 is 2.12 bits per heavy atom. The van der Waals surface area contributed by atoms with Crippen LogP contribution in [-0.2, 0) is 0 Å². The number of aryl methyl sites for hydroxylation is 1. The largest absolute Gasteiger partial charge is 0.370 e. The zero-order valence-electron chi connectivity index (χ0n) is 16.3. The molecule has 1 saturated heterocycles. The number of piperidine rings is 1. The number of unbranched alkanes of at least 4 members (excludes halogenated alkanes) is 1. The highest BCUT2D eigenvalue weighted by Crippen LogP contribution is 2.21. The van der Waals surface area contributed by atoms with Gasteiger partial charge in [-0.3, -0.25) is 4.98 Å². The van der Waals surface area contributed by atoms with Crippen molar-refractivity contribution in [3.63, 3.8) is 0 Å². The van der Waals surface area contributed by atoms with Gasteiger partial charge >= 0.3 is 0 Å². The Morgan fingerprint density at radius 3 is 2.88 bits per heavy atom. The fourth-order valence-corrected chi connectivity index (χ4v) is 3.58. The maximum Gasteiger partial charge on any atom is 0.163 e. The van der Waals surface area contributed by atoms with Gasteiger partial charge in [-0.25, -0.2) is 9.97 Å². The van der Waals surface area contributed by atoms with Gasteiger partial charge in [0.2, 0.25) is 0 Å². The summed E-state index contributed by atoms with van der Waals surface area (Å²) in [7, 11) is 0. The Morgan fingerprint density at radius 1 is 1.23 bits per heavy atom. The van der Waals surface area contributed by atoms with Gasteiger partial charge in [-0.1, -0.05) is 6.92 Å². The smallest absolute Gasteiger partial charge is 0.163 e. The highest BCUT2D eigenvalue weighted by molar-refractivity contribution is 5.58. The third-order valence-corrected chi connectivity index (χ3v) is 5.24. The molecule has 140 valence electrons. The molecule has 1 aliphatic heterocycles. The lowest BCUT2D eigenvalue weighted by Crippen LogP contribution is -2.35. The molecular weight excluding hydrogens is 322 g/mol. The van der Waals surface area contributed by atoms with Crippen LogP contribution in [0, 0.1) is 19.8 Å². The van der Waals surface area contributed by atoms with Crippen molar-refractivity contribution in [1.29, 1.82) is 0 Å². The van der Waals surface area contributed by atoms with Crippen molar-refractivity contribution in [1.82, 2.24) is 19.9 Å². The van der Waals surface area contributed by atoms with Crippen molar-refractivity contribution >= 4 is 5.82 Å². The summed E-state index contributed by atoms with van der Waals surface area (Å²) in [6.07, 6.45) is 8.73. The summed E-state index contributed by atoms with van der Waals surface area (Å²) >= 11 is 0. The summed E-state index contributed by atoms with van der Waals surface area (Å²) in [5, 5.41) is 3.52. The Hall–Kier alpha value is -2.01. The van der Waals surface area contributed by atoms with Crippen LogP contribution < -0.4 is 5.32 Å². The van der Waals surface area contributed by atoms with Gasteiger partial charge in [-0.2, -0.15) is 0 Å². The van der Waals surface area contributed by atoms with Crippen LogP contribution in [-0.4, -0.2) is 46.0 Å². The molecule has 3 rings (SSSR count). The summed E-state index contributed by atoms with van der Waals surface area (Å²) < 4.78 is 0. The molecule has 1 fully saturated rings. The number of hydrogen-bond donors (Lipinski definition) is 1. The van der Waals surface area contributed by atoms with Crippen molar-refractivity contribution < 1.29 is 0 Å². The van der Waals surface area contributed by atoms with Crippen molar-refractivity contribution in [2.45, 2.75) is 46.5 Å². The van der Waals surface area contributed by atoms with Crippen LogP contribution in [0.3, 0.4) is 0 Å². The topological polar surface area (TPSA) is 53.9 Å². The Bertz CT molecular complexity index is 701. The number of nitrogens with one attached hydrogen (secondary N) is 1. The van der Waals surface area contributed by atoms with Crippen LogP contribution in [0.1, 0.15) is 43.9 Å². The maximum absolute atomic E-state index is 4.73. The van der Waals surface area contributed by atoms with Gasteiger partial charge in [-0.15, -0.1) is 0 Å². The molecular formula is C21H31N5. The number of aromatic nitrogens is 3. The molecule has 0 bridgehead atoms. The molecule has 0 aliphatic carbocycles. The molecule has 26 heavy (non-hydrogen) atoms. The SMILES string of the molecule is Cc1nc(-c2cccnc2)nc(NCCCCN2CCCC(C)C2)c1C. The van der Waals surface area contributed by atoms with Crippen LogP contribution in [0.25, 0.3) is 11.4 Å². The number of pyridine rings is 1. The molecule has 3 heterocycles. The first kappa shape index (κ1) is 18.8. The summed E-state index contributed by atoms with van der Waals surface area (Å²) in [5.41, 5.74) is 3.10. The van der Waals surface area contributed by atoms with Crippen LogP contribution in [0.15, 0.2) is 24.5 Å². The van der Waals surface area contributed by atoms with Crippen LogP contribution in [0.4, 0.5) is 5.82 Å². The monoisotopic (exact) mass is 353 g/mol. The van der Waals surface area contributed by atoms with E-state index in [2.05, 4.69) is 34.0 Å². The average Bonchev–Trinajstić information content (AvgIpc) is 2.65. The van der Waals surface area contributed by atoms with Crippen molar-refractivity contribution in [2.75, 3.05) is 31.5 Å². The molecule has 1 unspecified atom stereocenters. The Kier molecular flexibility index (Phi) is 6.56. The van der Waals surface area contributed by atoms with Crippen molar-refractivity contribution in [3.05, 3.63) is 35.8 Å². The van der Waals surface area contributed by atoms with Gasteiger partial charge < -0.3 is 10.2 Å². The first-order chi connectivity index (χ1) is 12.6. The lowest BCUT2D eigenvalue weighted by Gasteiger charge is -2.30. The van der Waals surface area contributed by atoms with Crippen molar-refractivity contribution in [3.8, 4) is 11.4 Å². The second-order valence-corrected chi connectivity index (χ2v) is 7.53. The summed E-state index contributed by atoms with van der Waals surface area (Å²) in [6, 6.07) is 3.92. The van der Waals surface area contributed by atoms with Gasteiger partial charge in [0.05, 0.1) is 0 Å². The molecule has 0 amide bonds. The number of rotatable bonds is 7. The van der Waals surface area contributed by atoms with Crippen LogP contribution in [0.5, 0.6) is 0 Å². The molecule has 2 aromatic heterocycles. The van der Waals surface area contributed by atoms with Gasteiger partial charge in [0, 0.05) is 42.3 Å². The molecule has 0 saturated carbocycles. The summed E-state index contributed by atoms with van der Waals surface area (Å²) in [5.74, 6) is 2.55. The molecule has 0 radical (unpaired) electrons. The zero-order chi connectivity index (χ0) is 18.4. The third-order valence-electron chi connectivity index (χ3n) is 5.24. The van der Waals surface area contributed by atoms with E-state index >= 15 is 0 Å². The minimum atomic E-state index is 0.742. The molecule has 5 nitrogen and oxygen atoms in total. The molecule has 1 atom stereocenters. The predicted molar refractivity (Wildman–Crippen MR) is 107 cm³/mol. The fraction of sp³-hybridized carbons (Fsp3) is 0.571. The Balaban J connectivity index is 1.52. The summed E-state index contributed by atoms with van der Waals surface area (Å²) in [6.45, 7) is 11.2. The quantitative estimate of drug-likeness (QED) is 0.760. The molecule has 0 spiro atoms. The number of likely N-dealkylation sites (tertiary alicyclic amines) is 1. The molecule has 1 aliphatic rings. The second kappa shape index (κ2) is 9.08. The number of nitrogens with zero attached hydrogens (tertiary/aromatic N) is 4. The minimum Gasteiger partial charge on any atom is -0.370 e. The first-order valence-electron chi connectivity index (χ1n) is 9.85. The molecule has 1 N–H and O–H groups in total. The molecule has 0 aromatic carbocycles. The van der Waals surface area contributed by atoms with E-state index in [1.165, 1.54) is 38.9 Å². The first-order valence-corrected chi connectivity index (χ1v) is 9.85. The molecule has 2 aromatic rings. The van der Waals surface area contributed by atoms with E-state index in [0.29, 0.717) is 0 Å². The highest BCUT2D eigenvalue weighted by atomic mass is 15.1. The standard InChI is InChI=1S/C21H31N5/c1-16-8-7-13-26(15-16)12-5-4-11-23-20-17(2)18(3)24-21(25-20)19-9-6-10-22-14-19/h6,9-10,14,16H,4-5,7-8,11-13,15H2,1-3H3,(H,23,24,25). The van der Waals surface area contributed by atoms with E-state index in [4.69, 9.17) is 4.98 Å². The highest BCUT2D eigenvalue weighted by Gasteiger charge is 2.15. The fourth-order valence-electron chi connectivity index (χ4n) is 3.58. The average molecular weight is 354 g/mol. The van der Waals surface area contributed by atoms with E-state index in [-0.39, 0.29) is 0 Å². The Labute approximate surface area is 157 Å². The van der Waals surface area contributed by atoms with Gasteiger partial charge in [-0.05, 0) is 70.7 Å². The lowest BCUT2D eigenvalue weighted by molar-refractivity contribution is 0.181. The van der Waals surface area contributed by atoms with Crippen LogP contribution in [0.2, 0.25) is 0 Å². The third kappa shape index (κ3) is 5.01. The number of hydrogen-bond acceptors (Lipinski definition) is 5. The number of anilines is 1. The predicted octanol–water partition coefficient (Wildman–Crippen LogP) is 4.08. The zero-order valence-corrected chi connectivity index (χ0v) is 16.3. The van der Waals surface area contributed by atoms with E-state index in [1.54, 1.807) is 6.20 Å². The normalized spacial score (nSPS) is 18.0. The van der Waals surface area contributed by atoms with Gasteiger partial charge in [0.1, 0.15) is 5.82 Å². The second-order valence-electron chi connectivity index (χ2n) is 7.53. The van der Waals surface area contributed by atoms with E-state index in [9.17, 15) is 0 Å². The van der Waals surface area contributed by atoms with E-state index in [1.807, 2.05) is 25.3 Å². The lowest BCUT2D eigenvalue weighted by atomic mass is 10.0. The summed E-state index contributed by atoms with van der Waals surface area (Å²) in [4.78, 5) is 16.1. The van der Waals surface area contributed by atoms with E-state index < -0.39 is 0 Å². The van der Waals surface area contributed by atoms with Crippen LogP contribution >= 0.6 is 0 Å². The maximum atomic E-state index is 4.73. The van der Waals surface area contributed by atoms with Gasteiger partial charge in [0.25, 0.3) is 0 Å². The minimum absolute atomic E-state index is 0.742. The molecule has 5 heteroatoms. The van der Waals surface area contributed by atoms with Gasteiger partial charge in [0.15, 0.2) is 5.82 Å².